The van der Waals surface area contributed by atoms with Crippen LogP contribution in [-0.4, -0.2) is 32.9 Å². The Morgan fingerprint density at radius 3 is 2.67 bits per heavy atom. The van der Waals surface area contributed by atoms with Gasteiger partial charge in [-0.1, -0.05) is 12.1 Å². The summed E-state index contributed by atoms with van der Waals surface area (Å²) in [5.41, 5.74) is 4.16. The Morgan fingerprint density at radius 1 is 1.13 bits per heavy atom. The summed E-state index contributed by atoms with van der Waals surface area (Å²) in [4.78, 5) is 33.8. The average Bonchev–Trinajstić information content (AvgIpc) is 3.41. The fraction of sp³-hybridized carbons (Fsp3) is 0.273. The number of aryl methyl sites for hydroxylation is 3. The second-order valence-electron chi connectivity index (χ2n) is 7.05. The Kier molecular flexibility index (Phi) is 5.78. The predicted octanol–water partition coefficient (Wildman–Crippen LogP) is 4.83. The van der Waals surface area contributed by atoms with Crippen LogP contribution >= 0.6 is 22.7 Å². The molecule has 4 aromatic rings. The highest BCUT2D eigenvalue weighted by Crippen LogP contribution is 2.24. The molecule has 0 bridgehead atoms. The molecule has 0 aliphatic rings. The highest BCUT2D eigenvalue weighted by molar-refractivity contribution is 7.18. The average molecular weight is 440 g/mol. The number of hydrogen-bond acceptors (Lipinski definition) is 7. The van der Waals surface area contributed by atoms with Crippen LogP contribution in [0.5, 0.6) is 0 Å². The van der Waals surface area contributed by atoms with Crippen molar-refractivity contribution < 1.29 is 14.3 Å². The predicted molar refractivity (Wildman–Crippen MR) is 119 cm³/mol. The van der Waals surface area contributed by atoms with Gasteiger partial charge < -0.3 is 4.74 Å². The maximum Gasteiger partial charge on any atom is 0.306 e. The monoisotopic (exact) mass is 439 g/mol. The van der Waals surface area contributed by atoms with E-state index in [2.05, 4.69) is 9.97 Å². The van der Waals surface area contributed by atoms with Crippen molar-refractivity contribution in [2.24, 2.45) is 0 Å². The second kappa shape index (κ2) is 8.49. The van der Waals surface area contributed by atoms with Crippen LogP contribution in [0.25, 0.3) is 15.3 Å². The largest absolute Gasteiger partial charge is 0.457 e. The fourth-order valence-electron chi connectivity index (χ4n) is 3.32. The number of rotatable bonds is 7. The number of ketones is 1. The van der Waals surface area contributed by atoms with Gasteiger partial charge in [0.2, 0.25) is 5.78 Å². The molecule has 1 aromatic carbocycles. The first-order valence-electron chi connectivity index (χ1n) is 9.57. The van der Waals surface area contributed by atoms with Gasteiger partial charge in [-0.3, -0.25) is 14.2 Å². The van der Waals surface area contributed by atoms with Crippen LogP contribution in [0.2, 0.25) is 0 Å². The lowest BCUT2D eigenvalue weighted by atomic mass is 10.1. The molecule has 0 fully saturated rings. The number of fused-ring (bicyclic) bond motifs is 1. The molecule has 0 N–H and O–H groups in total. The molecule has 8 heteroatoms. The van der Waals surface area contributed by atoms with Gasteiger partial charge in [0.05, 0.1) is 27.3 Å². The molecule has 0 aliphatic heterocycles. The van der Waals surface area contributed by atoms with Crippen molar-refractivity contribution in [3.8, 4) is 5.13 Å². The number of carbonyl (C=O) groups excluding carboxylic acids is 2. The molecule has 6 nitrogen and oxygen atoms in total. The first-order chi connectivity index (χ1) is 14.4. The Balaban J connectivity index is 1.35. The molecule has 0 aliphatic carbocycles. The number of benzene rings is 1. The van der Waals surface area contributed by atoms with Gasteiger partial charge in [0, 0.05) is 28.8 Å². The lowest BCUT2D eigenvalue weighted by Crippen LogP contribution is -2.15. The van der Waals surface area contributed by atoms with Crippen LogP contribution in [-0.2, 0) is 16.0 Å². The molecule has 0 unspecified atom stereocenters. The van der Waals surface area contributed by atoms with Gasteiger partial charge in [-0.2, -0.15) is 0 Å². The lowest BCUT2D eigenvalue weighted by molar-refractivity contribution is -0.142. The summed E-state index contributed by atoms with van der Waals surface area (Å²) in [6.45, 7) is 5.49. The van der Waals surface area contributed by atoms with E-state index in [0.717, 1.165) is 37.4 Å². The van der Waals surface area contributed by atoms with E-state index in [0.29, 0.717) is 12.0 Å². The number of aromatic nitrogens is 3. The maximum atomic E-state index is 12.6. The van der Waals surface area contributed by atoms with Crippen LogP contribution in [0, 0.1) is 20.8 Å². The van der Waals surface area contributed by atoms with E-state index in [1.165, 1.54) is 11.3 Å². The van der Waals surface area contributed by atoms with Crippen molar-refractivity contribution in [1.82, 2.24) is 14.5 Å². The summed E-state index contributed by atoms with van der Waals surface area (Å²) in [6.07, 6.45) is 0.703. The van der Waals surface area contributed by atoms with Crippen molar-refractivity contribution in [1.29, 1.82) is 0 Å². The molecule has 0 spiro atoms. The van der Waals surface area contributed by atoms with Gasteiger partial charge in [0.25, 0.3) is 0 Å². The van der Waals surface area contributed by atoms with Crippen LogP contribution in [0.1, 0.15) is 38.9 Å². The zero-order chi connectivity index (χ0) is 21.3. The topological polar surface area (TPSA) is 74.1 Å². The SMILES string of the molecule is Cc1csc(-n2c(C)cc(C(=O)COC(=O)CCc3nc4ccccc4s3)c2C)n1. The van der Waals surface area contributed by atoms with Crippen LogP contribution < -0.4 is 0 Å². The fourth-order valence-corrected chi connectivity index (χ4v) is 5.19. The van der Waals surface area contributed by atoms with Crippen LogP contribution in [0.4, 0.5) is 0 Å². The van der Waals surface area contributed by atoms with E-state index in [1.807, 2.05) is 61.1 Å². The maximum absolute atomic E-state index is 12.6. The molecule has 154 valence electrons. The number of carbonyl (C=O) groups is 2. The van der Waals surface area contributed by atoms with Gasteiger partial charge in [-0.05, 0) is 39.0 Å². The quantitative estimate of drug-likeness (QED) is 0.305. The van der Waals surface area contributed by atoms with E-state index >= 15 is 0 Å². The van der Waals surface area contributed by atoms with E-state index < -0.39 is 5.97 Å². The van der Waals surface area contributed by atoms with Gasteiger partial charge in [0.1, 0.15) is 0 Å². The van der Waals surface area contributed by atoms with Crippen molar-refractivity contribution in [2.45, 2.75) is 33.6 Å². The number of Topliss-reactive ketones (excluding diaryl/α,β-unsaturated/α-hetero) is 1. The van der Waals surface area contributed by atoms with Crippen molar-refractivity contribution in [3.05, 3.63) is 63.4 Å². The zero-order valence-corrected chi connectivity index (χ0v) is 18.6. The molecule has 0 atom stereocenters. The van der Waals surface area contributed by atoms with Gasteiger partial charge in [-0.15, -0.1) is 22.7 Å². The third kappa shape index (κ3) is 4.20. The molecule has 4 rings (SSSR count). The standard InChI is InChI=1S/C22H21N3O3S2/c1-13-12-29-22(23-13)25-14(2)10-16(15(25)3)18(26)11-28-21(27)9-8-20-24-17-6-4-5-7-19(17)30-20/h4-7,10,12H,8-9,11H2,1-3H3. The summed E-state index contributed by atoms with van der Waals surface area (Å²) in [6, 6.07) is 9.70. The molecular formula is C22H21N3O3S2. The highest BCUT2D eigenvalue weighted by Gasteiger charge is 2.19. The third-order valence-electron chi connectivity index (χ3n) is 4.78. The molecule has 0 radical (unpaired) electrons. The molecule has 0 saturated heterocycles. The third-order valence-corrected chi connectivity index (χ3v) is 6.81. The smallest absolute Gasteiger partial charge is 0.306 e. The second-order valence-corrected chi connectivity index (χ2v) is 9.00. The molecular weight excluding hydrogens is 418 g/mol. The van der Waals surface area contributed by atoms with Crippen molar-refractivity contribution in [3.63, 3.8) is 0 Å². The van der Waals surface area contributed by atoms with Gasteiger partial charge in [0.15, 0.2) is 11.7 Å². The van der Waals surface area contributed by atoms with Crippen LogP contribution in [0.15, 0.2) is 35.7 Å². The van der Waals surface area contributed by atoms with Gasteiger partial charge >= 0.3 is 5.97 Å². The summed E-state index contributed by atoms with van der Waals surface area (Å²) >= 11 is 3.10. The Bertz CT molecular complexity index is 1200. The minimum atomic E-state index is -0.396. The first kappa shape index (κ1) is 20.4. The molecule has 3 heterocycles. The summed E-state index contributed by atoms with van der Waals surface area (Å²) < 4.78 is 8.29. The molecule has 30 heavy (non-hydrogen) atoms. The Morgan fingerprint density at radius 2 is 1.93 bits per heavy atom. The normalized spacial score (nSPS) is 11.2. The van der Waals surface area contributed by atoms with Crippen molar-refractivity contribution in [2.75, 3.05) is 6.61 Å². The van der Waals surface area contributed by atoms with Crippen LogP contribution in [0.3, 0.4) is 0 Å². The van der Waals surface area contributed by atoms with E-state index in [-0.39, 0.29) is 18.8 Å². The minimum Gasteiger partial charge on any atom is -0.457 e. The number of esters is 1. The number of nitrogens with zero attached hydrogens (tertiary/aromatic N) is 3. The molecule has 0 saturated carbocycles. The lowest BCUT2D eigenvalue weighted by Gasteiger charge is -2.06. The Hall–Kier alpha value is -2.84. The number of hydrogen-bond donors (Lipinski definition) is 0. The van der Waals surface area contributed by atoms with Crippen molar-refractivity contribution >= 4 is 44.6 Å². The molecule has 3 aromatic heterocycles. The van der Waals surface area contributed by atoms with E-state index in [9.17, 15) is 9.59 Å². The highest BCUT2D eigenvalue weighted by atomic mass is 32.1. The summed E-state index contributed by atoms with van der Waals surface area (Å²) in [7, 11) is 0. The number of ether oxygens (including phenoxy) is 1. The van der Waals surface area contributed by atoms with E-state index in [4.69, 9.17) is 4.74 Å². The van der Waals surface area contributed by atoms with Gasteiger partial charge in [-0.25, -0.2) is 9.97 Å². The number of para-hydroxylation sites is 1. The minimum absolute atomic E-state index is 0.199. The molecule has 0 amide bonds. The first-order valence-corrected chi connectivity index (χ1v) is 11.3. The summed E-state index contributed by atoms with van der Waals surface area (Å²) in [5, 5.41) is 3.69. The Labute approximate surface area is 182 Å². The van der Waals surface area contributed by atoms with E-state index in [1.54, 1.807) is 11.3 Å². The zero-order valence-electron chi connectivity index (χ0n) is 17.0. The summed E-state index contributed by atoms with van der Waals surface area (Å²) in [5.74, 6) is -0.608. The number of thiazole rings is 2.